The zero-order chi connectivity index (χ0) is 15.3. The van der Waals surface area contributed by atoms with Gasteiger partial charge in [0, 0.05) is 26.7 Å². The van der Waals surface area contributed by atoms with Crippen LogP contribution < -0.4 is 0 Å². The fraction of sp³-hybridized carbons (Fsp3) is 0.917. The molecule has 0 saturated heterocycles. The van der Waals surface area contributed by atoms with Gasteiger partial charge in [0.2, 0.25) is 0 Å². The molecule has 0 rings (SSSR count). The molecule has 0 unspecified atom stereocenters. The third-order valence-electron chi connectivity index (χ3n) is 2.30. The first kappa shape index (κ1) is 18.0. The summed E-state index contributed by atoms with van der Waals surface area (Å²) in [6, 6.07) is 0. The van der Waals surface area contributed by atoms with Crippen LogP contribution in [-0.4, -0.2) is 61.4 Å². The Morgan fingerprint density at radius 3 is 2.00 bits per heavy atom. The molecular weight excluding hydrogens is 261 g/mol. The molecule has 0 bridgehead atoms. The minimum atomic E-state index is -4.15. The van der Waals surface area contributed by atoms with E-state index in [4.69, 9.17) is 4.74 Å². The molecule has 0 fully saturated rings. The third-order valence-corrected chi connectivity index (χ3v) is 2.30. The molecule has 4 nitrogen and oxygen atoms in total. The topological polar surface area (TPSA) is 32.8 Å². The number of likely N-dealkylation sites (N-methyl/N-ethyl adjacent to an activating group) is 2. The van der Waals surface area contributed by atoms with Crippen LogP contribution in [0.5, 0.6) is 0 Å². The molecule has 0 saturated carbocycles. The average molecular weight is 284 g/mol. The number of amides is 1. The van der Waals surface area contributed by atoms with Gasteiger partial charge in [0.05, 0.1) is 6.42 Å². The molecule has 0 aliphatic heterocycles. The van der Waals surface area contributed by atoms with Crippen molar-refractivity contribution in [2.75, 3.05) is 33.7 Å². The molecule has 0 aromatic heterocycles. The third kappa shape index (κ3) is 10.6. The summed E-state index contributed by atoms with van der Waals surface area (Å²) < 4.78 is 41.2. The number of ether oxygens (including phenoxy) is 1. The Morgan fingerprint density at radius 1 is 1.05 bits per heavy atom. The van der Waals surface area contributed by atoms with E-state index in [-0.39, 0.29) is 6.54 Å². The summed E-state index contributed by atoms with van der Waals surface area (Å²) in [6.45, 7) is 5.89. The summed E-state index contributed by atoms with van der Waals surface area (Å²) in [6.07, 6.45) is -5.47. The van der Waals surface area contributed by atoms with E-state index in [2.05, 4.69) is 0 Å². The van der Waals surface area contributed by atoms with E-state index in [0.29, 0.717) is 13.1 Å². The van der Waals surface area contributed by atoms with E-state index >= 15 is 0 Å². The predicted molar refractivity (Wildman–Crippen MR) is 67.0 cm³/mol. The van der Waals surface area contributed by atoms with Crippen LogP contribution >= 0.6 is 0 Å². The van der Waals surface area contributed by atoms with Gasteiger partial charge in [0.25, 0.3) is 0 Å². The van der Waals surface area contributed by atoms with Crippen molar-refractivity contribution in [3.8, 4) is 0 Å². The fourth-order valence-electron chi connectivity index (χ4n) is 1.18. The molecule has 0 aromatic rings. The minimum Gasteiger partial charge on any atom is -0.444 e. The van der Waals surface area contributed by atoms with Crippen LogP contribution in [0.15, 0.2) is 0 Å². The highest BCUT2D eigenvalue weighted by Gasteiger charge is 2.27. The van der Waals surface area contributed by atoms with Crippen LogP contribution in [0, 0.1) is 0 Å². The molecule has 0 aromatic carbocycles. The van der Waals surface area contributed by atoms with Crippen LogP contribution in [0.2, 0.25) is 0 Å². The number of hydrogen-bond donors (Lipinski definition) is 0. The Labute approximate surface area is 112 Å². The van der Waals surface area contributed by atoms with Gasteiger partial charge in [-0.05, 0) is 27.8 Å². The van der Waals surface area contributed by atoms with Crippen molar-refractivity contribution in [3.05, 3.63) is 0 Å². The van der Waals surface area contributed by atoms with Crippen molar-refractivity contribution in [1.29, 1.82) is 0 Å². The maximum absolute atomic E-state index is 12.0. The van der Waals surface area contributed by atoms with Gasteiger partial charge in [-0.25, -0.2) is 4.79 Å². The summed E-state index contributed by atoms with van der Waals surface area (Å²) in [5.41, 5.74) is -0.576. The van der Waals surface area contributed by atoms with E-state index in [1.165, 1.54) is 9.80 Å². The zero-order valence-corrected chi connectivity index (χ0v) is 12.2. The molecule has 0 aliphatic rings. The molecule has 0 aliphatic carbocycles. The molecule has 1 amide bonds. The normalized spacial score (nSPS) is 12.7. The quantitative estimate of drug-likeness (QED) is 0.778. The second-order valence-corrected chi connectivity index (χ2v) is 5.57. The standard InChI is InChI=1S/C12H23F3N2O2/c1-11(2,3)19-10(18)17(5)9-8-16(4)7-6-12(13,14)15/h6-9H2,1-5H3. The Balaban J connectivity index is 3.96. The Morgan fingerprint density at radius 2 is 1.58 bits per heavy atom. The maximum atomic E-state index is 12.0. The van der Waals surface area contributed by atoms with Crippen molar-refractivity contribution < 1.29 is 22.7 Å². The number of carbonyl (C=O) groups is 1. The average Bonchev–Trinajstić information content (AvgIpc) is 2.19. The lowest BCUT2D eigenvalue weighted by Gasteiger charge is -2.26. The Kier molecular flexibility index (Phi) is 6.62. The Bertz CT molecular complexity index is 288. The van der Waals surface area contributed by atoms with Gasteiger partial charge in [0.15, 0.2) is 0 Å². The summed E-state index contributed by atoms with van der Waals surface area (Å²) in [4.78, 5) is 14.5. The highest BCUT2D eigenvalue weighted by atomic mass is 19.4. The van der Waals surface area contributed by atoms with Crippen LogP contribution in [0.25, 0.3) is 0 Å². The highest BCUT2D eigenvalue weighted by molar-refractivity contribution is 5.67. The molecule has 114 valence electrons. The number of nitrogens with zero attached hydrogens (tertiary/aromatic N) is 2. The minimum absolute atomic E-state index is 0.0777. The number of halogens is 3. The van der Waals surface area contributed by atoms with Gasteiger partial charge in [-0.1, -0.05) is 0 Å². The van der Waals surface area contributed by atoms with E-state index in [9.17, 15) is 18.0 Å². The second kappa shape index (κ2) is 6.98. The van der Waals surface area contributed by atoms with Gasteiger partial charge < -0.3 is 14.5 Å². The number of rotatable bonds is 5. The SMILES string of the molecule is CN(CCN(C)C(=O)OC(C)(C)C)CCC(F)(F)F. The first-order valence-electron chi connectivity index (χ1n) is 6.10. The lowest BCUT2D eigenvalue weighted by molar-refractivity contribution is -0.137. The van der Waals surface area contributed by atoms with E-state index in [1.54, 1.807) is 34.9 Å². The van der Waals surface area contributed by atoms with Gasteiger partial charge in [-0.3, -0.25) is 0 Å². The maximum Gasteiger partial charge on any atom is 0.410 e. The number of alkyl halides is 3. The van der Waals surface area contributed by atoms with E-state index in [0.717, 1.165) is 0 Å². The van der Waals surface area contributed by atoms with Crippen molar-refractivity contribution in [2.45, 2.75) is 39.0 Å². The van der Waals surface area contributed by atoms with Gasteiger partial charge in [0.1, 0.15) is 5.60 Å². The van der Waals surface area contributed by atoms with Crippen molar-refractivity contribution >= 4 is 6.09 Å². The zero-order valence-electron chi connectivity index (χ0n) is 12.2. The lowest BCUT2D eigenvalue weighted by atomic mass is 10.2. The molecule has 0 radical (unpaired) electrons. The lowest BCUT2D eigenvalue weighted by Crippen LogP contribution is -2.39. The van der Waals surface area contributed by atoms with Crippen LogP contribution in [0.1, 0.15) is 27.2 Å². The molecule has 7 heteroatoms. The molecular formula is C12H23F3N2O2. The van der Waals surface area contributed by atoms with Gasteiger partial charge >= 0.3 is 12.3 Å². The van der Waals surface area contributed by atoms with E-state index in [1.807, 2.05) is 0 Å². The molecule has 19 heavy (non-hydrogen) atoms. The van der Waals surface area contributed by atoms with Gasteiger partial charge in [-0.2, -0.15) is 13.2 Å². The smallest absolute Gasteiger partial charge is 0.410 e. The second-order valence-electron chi connectivity index (χ2n) is 5.57. The summed E-state index contributed by atoms with van der Waals surface area (Å²) >= 11 is 0. The molecule has 0 heterocycles. The fourth-order valence-corrected chi connectivity index (χ4v) is 1.18. The molecule has 0 spiro atoms. The predicted octanol–water partition coefficient (Wildman–Crippen LogP) is 2.74. The van der Waals surface area contributed by atoms with Crippen LogP contribution in [-0.2, 0) is 4.74 Å². The van der Waals surface area contributed by atoms with Crippen molar-refractivity contribution in [3.63, 3.8) is 0 Å². The van der Waals surface area contributed by atoms with Crippen molar-refractivity contribution in [1.82, 2.24) is 9.80 Å². The first-order chi connectivity index (χ1) is 8.41. The van der Waals surface area contributed by atoms with E-state index < -0.39 is 24.3 Å². The monoisotopic (exact) mass is 284 g/mol. The van der Waals surface area contributed by atoms with Crippen LogP contribution in [0.3, 0.4) is 0 Å². The van der Waals surface area contributed by atoms with Crippen LogP contribution in [0.4, 0.5) is 18.0 Å². The molecule has 0 N–H and O–H groups in total. The largest absolute Gasteiger partial charge is 0.444 e. The van der Waals surface area contributed by atoms with Gasteiger partial charge in [-0.15, -0.1) is 0 Å². The summed E-state index contributed by atoms with van der Waals surface area (Å²) in [7, 11) is 3.15. The van der Waals surface area contributed by atoms with Crippen molar-refractivity contribution in [2.24, 2.45) is 0 Å². The molecule has 0 atom stereocenters. The number of hydrogen-bond acceptors (Lipinski definition) is 3. The first-order valence-corrected chi connectivity index (χ1v) is 6.10. The summed E-state index contributed by atoms with van der Waals surface area (Å²) in [5, 5.41) is 0. The highest BCUT2D eigenvalue weighted by Crippen LogP contribution is 2.19. The number of carbonyl (C=O) groups excluding carboxylic acids is 1. The summed E-state index contributed by atoms with van der Waals surface area (Å²) in [5.74, 6) is 0. The Hall–Kier alpha value is -0.980.